The zero-order valence-corrected chi connectivity index (χ0v) is 18.1. The minimum atomic E-state index is -0.389. The van der Waals surface area contributed by atoms with Crippen molar-refractivity contribution in [1.29, 1.82) is 0 Å². The second-order valence-corrected chi connectivity index (χ2v) is 8.35. The van der Waals surface area contributed by atoms with E-state index in [1.165, 1.54) is 43.0 Å². The summed E-state index contributed by atoms with van der Waals surface area (Å²) < 4.78 is 22.1. The summed E-state index contributed by atoms with van der Waals surface area (Å²) in [7, 11) is 1.67. The number of rotatable bonds is 6. The molecule has 1 fully saturated rings. The number of halogens is 1. The van der Waals surface area contributed by atoms with Crippen LogP contribution in [0.15, 0.2) is 41.5 Å². The molecule has 8 heteroatoms. The summed E-state index contributed by atoms with van der Waals surface area (Å²) in [5.41, 5.74) is 2.61. The molecule has 166 valence electrons. The predicted molar refractivity (Wildman–Crippen MR) is 122 cm³/mol. The maximum absolute atomic E-state index is 14.8. The smallest absolute Gasteiger partial charge is 0.326 e. The summed E-state index contributed by atoms with van der Waals surface area (Å²) in [6.45, 7) is 4.02. The van der Waals surface area contributed by atoms with Gasteiger partial charge in [-0.05, 0) is 44.5 Å². The lowest BCUT2D eigenvalue weighted by molar-refractivity contribution is 0.203. The van der Waals surface area contributed by atoms with E-state index in [4.69, 9.17) is 4.74 Å². The number of aryl methyl sites for hydroxylation is 1. The molecule has 0 radical (unpaired) electrons. The number of nitrogens with one attached hydrogen (secondary N) is 1. The molecule has 32 heavy (non-hydrogen) atoms. The van der Waals surface area contributed by atoms with Crippen molar-refractivity contribution in [3.8, 4) is 17.0 Å². The van der Waals surface area contributed by atoms with Gasteiger partial charge < -0.3 is 14.6 Å². The second-order valence-electron chi connectivity index (χ2n) is 8.35. The average Bonchev–Trinajstić information content (AvgIpc) is 3.11. The van der Waals surface area contributed by atoms with Gasteiger partial charge in [-0.3, -0.25) is 9.55 Å². The average molecular weight is 436 g/mol. The van der Waals surface area contributed by atoms with Gasteiger partial charge in [-0.2, -0.15) is 0 Å². The lowest BCUT2D eigenvalue weighted by atomic mass is 10.0. The fourth-order valence-electron chi connectivity index (χ4n) is 4.38. The number of fused-ring (bicyclic) bond motifs is 3. The van der Waals surface area contributed by atoms with Gasteiger partial charge in [-0.1, -0.05) is 6.42 Å². The van der Waals surface area contributed by atoms with E-state index in [9.17, 15) is 9.18 Å². The molecule has 4 heterocycles. The highest BCUT2D eigenvalue weighted by atomic mass is 19.1. The van der Waals surface area contributed by atoms with Crippen LogP contribution in [0, 0.1) is 5.82 Å². The predicted octanol–water partition coefficient (Wildman–Crippen LogP) is 3.87. The maximum Gasteiger partial charge on any atom is 0.326 e. The molecular formula is C24H26FN5O2. The van der Waals surface area contributed by atoms with Crippen LogP contribution in [-0.4, -0.2) is 50.7 Å². The van der Waals surface area contributed by atoms with E-state index in [0.717, 1.165) is 13.0 Å². The Morgan fingerprint density at radius 3 is 2.75 bits per heavy atom. The summed E-state index contributed by atoms with van der Waals surface area (Å²) in [5.74, 6) is 0.143. The van der Waals surface area contributed by atoms with E-state index in [0.29, 0.717) is 45.6 Å². The Labute approximate surface area is 184 Å². The summed E-state index contributed by atoms with van der Waals surface area (Å²) in [6, 6.07) is 6.67. The van der Waals surface area contributed by atoms with Gasteiger partial charge in [0.15, 0.2) is 0 Å². The first kappa shape index (κ1) is 20.6. The number of benzene rings is 1. The lowest BCUT2D eigenvalue weighted by Crippen LogP contribution is -2.31. The van der Waals surface area contributed by atoms with Crippen LogP contribution < -0.4 is 10.4 Å². The molecule has 4 aromatic rings. The van der Waals surface area contributed by atoms with Crippen molar-refractivity contribution in [2.75, 3.05) is 26.2 Å². The maximum atomic E-state index is 14.8. The molecule has 0 bridgehead atoms. The first-order valence-corrected chi connectivity index (χ1v) is 11.1. The second kappa shape index (κ2) is 8.70. The van der Waals surface area contributed by atoms with E-state index >= 15 is 0 Å². The number of pyridine rings is 2. The van der Waals surface area contributed by atoms with E-state index < -0.39 is 0 Å². The number of ether oxygens (including phenoxy) is 1. The first-order valence-electron chi connectivity index (χ1n) is 11.1. The largest absolute Gasteiger partial charge is 0.478 e. The van der Waals surface area contributed by atoms with Crippen molar-refractivity contribution in [2.24, 2.45) is 7.05 Å². The van der Waals surface area contributed by atoms with E-state index in [1.807, 2.05) is 0 Å². The van der Waals surface area contributed by atoms with Crippen molar-refractivity contribution in [2.45, 2.75) is 25.7 Å². The normalized spacial score (nSPS) is 14.9. The fraction of sp³-hybridized carbons (Fsp3) is 0.375. The van der Waals surface area contributed by atoms with Gasteiger partial charge in [0.05, 0.1) is 29.4 Å². The van der Waals surface area contributed by atoms with Crippen molar-refractivity contribution in [3.05, 3.63) is 53.0 Å². The molecule has 1 N–H and O–H groups in total. The molecule has 1 aromatic carbocycles. The van der Waals surface area contributed by atoms with Gasteiger partial charge in [0.2, 0.25) is 5.88 Å². The molecule has 7 nitrogen and oxygen atoms in total. The number of aromatic nitrogens is 4. The zero-order valence-electron chi connectivity index (χ0n) is 18.1. The van der Waals surface area contributed by atoms with Crippen LogP contribution in [0.3, 0.4) is 0 Å². The number of likely N-dealkylation sites (tertiary alicyclic amines) is 1. The van der Waals surface area contributed by atoms with E-state index in [-0.39, 0.29) is 11.5 Å². The Bertz CT molecular complexity index is 1310. The van der Waals surface area contributed by atoms with Crippen LogP contribution in [0.2, 0.25) is 0 Å². The number of hydrogen-bond donors (Lipinski definition) is 1. The van der Waals surface area contributed by atoms with E-state index in [2.05, 4.69) is 19.9 Å². The topological polar surface area (TPSA) is 76.0 Å². The van der Waals surface area contributed by atoms with Crippen molar-refractivity contribution in [1.82, 2.24) is 24.4 Å². The molecule has 0 aliphatic carbocycles. The summed E-state index contributed by atoms with van der Waals surface area (Å²) in [5, 5.41) is 0.689. The highest BCUT2D eigenvalue weighted by molar-refractivity contribution is 6.03. The molecule has 0 saturated carbocycles. The minimum Gasteiger partial charge on any atom is -0.478 e. The molecular weight excluding hydrogens is 409 g/mol. The quantitative estimate of drug-likeness (QED) is 0.465. The fourth-order valence-corrected chi connectivity index (χ4v) is 4.38. The SMILES string of the molecule is Cn1c(=O)[nH]c2c3cc(-c4ccc(OCCCN5CCCCC5)nc4)c(F)cc3ncc21. The van der Waals surface area contributed by atoms with Crippen LogP contribution in [0.1, 0.15) is 25.7 Å². The van der Waals surface area contributed by atoms with Gasteiger partial charge in [0.1, 0.15) is 5.82 Å². The molecule has 0 unspecified atom stereocenters. The number of hydrogen-bond acceptors (Lipinski definition) is 5. The molecule has 1 aliphatic rings. The minimum absolute atomic E-state index is 0.233. The lowest BCUT2D eigenvalue weighted by Gasteiger charge is -2.26. The number of H-pyrrole nitrogens is 1. The van der Waals surface area contributed by atoms with Crippen molar-refractivity contribution in [3.63, 3.8) is 0 Å². The third-order valence-corrected chi connectivity index (χ3v) is 6.20. The highest BCUT2D eigenvalue weighted by Crippen LogP contribution is 2.30. The van der Waals surface area contributed by atoms with E-state index in [1.54, 1.807) is 37.6 Å². The summed E-state index contributed by atoms with van der Waals surface area (Å²) >= 11 is 0. The third-order valence-electron chi connectivity index (χ3n) is 6.20. The van der Waals surface area contributed by atoms with Gasteiger partial charge >= 0.3 is 5.69 Å². The third kappa shape index (κ3) is 3.98. The van der Waals surface area contributed by atoms with Crippen LogP contribution >= 0.6 is 0 Å². The monoisotopic (exact) mass is 435 g/mol. The Morgan fingerprint density at radius 1 is 1.12 bits per heavy atom. The molecule has 0 spiro atoms. The molecule has 1 saturated heterocycles. The molecule has 3 aromatic heterocycles. The van der Waals surface area contributed by atoms with Crippen LogP contribution in [-0.2, 0) is 7.05 Å². The van der Waals surface area contributed by atoms with Crippen molar-refractivity contribution >= 4 is 21.9 Å². The van der Waals surface area contributed by atoms with Gasteiger partial charge in [-0.25, -0.2) is 14.2 Å². The van der Waals surface area contributed by atoms with Gasteiger partial charge in [0, 0.05) is 48.4 Å². The number of imidazole rings is 1. The molecule has 1 aliphatic heterocycles. The van der Waals surface area contributed by atoms with Crippen molar-refractivity contribution < 1.29 is 9.13 Å². The summed E-state index contributed by atoms with van der Waals surface area (Å²) in [4.78, 5) is 26.0. The number of aromatic amines is 1. The number of nitrogens with zero attached hydrogens (tertiary/aromatic N) is 4. The Kier molecular flexibility index (Phi) is 5.61. The van der Waals surface area contributed by atoms with Crippen LogP contribution in [0.25, 0.3) is 33.1 Å². The van der Waals surface area contributed by atoms with Crippen LogP contribution in [0.4, 0.5) is 4.39 Å². The Hall–Kier alpha value is -3.26. The standard InChI is InChI=1S/C24H26FN5O2/c1-29-21-15-26-20-13-19(25)17(12-18(20)23(21)28-24(29)31)16-6-7-22(27-14-16)32-11-5-10-30-8-3-2-4-9-30/h6-7,12-15H,2-5,8-11H2,1H3,(H,28,31). The number of piperidine rings is 1. The first-order chi connectivity index (χ1) is 15.6. The summed E-state index contributed by atoms with van der Waals surface area (Å²) in [6.07, 6.45) is 8.07. The zero-order chi connectivity index (χ0) is 22.1. The Morgan fingerprint density at radius 2 is 1.97 bits per heavy atom. The Balaban J connectivity index is 1.33. The van der Waals surface area contributed by atoms with Gasteiger partial charge in [-0.15, -0.1) is 0 Å². The molecule has 0 atom stereocenters. The van der Waals surface area contributed by atoms with Crippen LogP contribution in [0.5, 0.6) is 5.88 Å². The van der Waals surface area contributed by atoms with Gasteiger partial charge in [0.25, 0.3) is 0 Å². The highest BCUT2D eigenvalue weighted by Gasteiger charge is 2.14. The molecule has 0 amide bonds. The molecule has 5 rings (SSSR count).